The van der Waals surface area contributed by atoms with Crippen molar-refractivity contribution in [3.05, 3.63) is 65.8 Å². The highest BCUT2D eigenvalue weighted by Crippen LogP contribution is 2.81. The minimum Gasteiger partial charge on any atom is -0.417 e. The third-order valence-electron chi connectivity index (χ3n) is 6.14. The standard InChI is InChI=1S/C20H16N6O3/c1-26-16-15(21-7-8-22-16)12-13-14(12)20(13,19(26)28)23-17(27)18-25-24-11(29-18)9-10-5-3-2-4-6-10/h2-8,12-14H,9H2,1H3,(H,23,27)/t12-,13+,14?,20-/m0/s1. The fourth-order valence-corrected chi connectivity index (χ4v) is 4.68. The molecular formula is C20H16N6O3. The molecule has 2 aromatic heterocycles. The van der Waals surface area contributed by atoms with Crippen LogP contribution in [0, 0.1) is 11.8 Å². The quantitative estimate of drug-likeness (QED) is 0.707. The average molecular weight is 388 g/mol. The van der Waals surface area contributed by atoms with Crippen molar-refractivity contribution in [1.29, 1.82) is 0 Å². The Balaban J connectivity index is 1.22. The Labute approximate surface area is 165 Å². The van der Waals surface area contributed by atoms with Gasteiger partial charge in [-0.1, -0.05) is 30.3 Å². The first-order valence-corrected chi connectivity index (χ1v) is 9.39. The van der Waals surface area contributed by atoms with E-state index in [1.165, 1.54) is 4.90 Å². The lowest BCUT2D eigenvalue weighted by Crippen LogP contribution is -2.54. The molecule has 3 aromatic rings. The Morgan fingerprint density at radius 1 is 1.17 bits per heavy atom. The van der Waals surface area contributed by atoms with Gasteiger partial charge in [-0.2, -0.15) is 0 Å². The van der Waals surface area contributed by atoms with E-state index in [2.05, 4.69) is 25.5 Å². The molecule has 9 heteroatoms. The molecule has 4 aliphatic rings. The van der Waals surface area contributed by atoms with Crippen LogP contribution in [0.25, 0.3) is 0 Å². The third-order valence-corrected chi connectivity index (χ3v) is 6.14. The molecule has 0 saturated heterocycles. The Morgan fingerprint density at radius 3 is 2.72 bits per heavy atom. The molecule has 144 valence electrons. The number of aromatic nitrogens is 4. The molecule has 1 unspecified atom stereocenters. The fourth-order valence-electron chi connectivity index (χ4n) is 4.68. The van der Waals surface area contributed by atoms with Gasteiger partial charge < -0.3 is 9.73 Å². The number of nitrogens with zero attached hydrogens (tertiary/aromatic N) is 5. The van der Waals surface area contributed by atoms with Crippen LogP contribution in [0.1, 0.15) is 33.8 Å². The lowest BCUT2D eigenvalue weighted by molar-refractivity contribution is -0.122. The zero-order valence-corrected chi connectivity index (χ0v) is 15.4. The number of benzene rings is 1. The minimum absolute atomic E-state index is 0.0473. The van der Waals surface area contributed by atoms with Gasteiger partial charge in [0.15, 0.2) is 5.82 Å². The number of likely N-dealkylation sites (N-methyl/N-ethyl adjacent to an activating group) is 1. The van der Waals surface area contributed by atoms with Crippen LogP contribution in [-0.2, 0) is 11.2 Å². The molecule has 1 aromatic carbocycles. The summed E-state index contributed by atoms with van der Waals surface area (Å²) in [6.45, 7) is 0. The van der Waals surface area contributed by atoms with Crippen LogP contribution in [0.15, 0.2) is 47.1 Å². The van der Waals surface area contributed by atoms with Gasteiger partial charge >= 0.3 is 11.8 Å². The van der Waals surface area contributed by atoms with Crippen LogP contribution >= 0.6 is 0 Å². The summed E-state index contributed by atoms with van der Waals surface area (Å²) in [5.41, 5.74) is 0.905. The Hall–Kier alpha value is -3.62. The maximum absolute atomic E-state index is 13.1. The lowest BCUT2D eigenvalue weighted by Gasteiger charge is -2.25. The number of carbonyl (C=O) groups is 2. The monoisotopic (exact) mass is 388 g/mol. The molecule has 2 aliphatic heterocycles. The van der Waals surface area contributed by atoms with Crippen LogP contribution in [0.5, 0.6) is 0 Å². The third kappa shape index (κ3) is 2.15. The second kappa shape index (κ2) is 5.47. The van der Waals surface area contributed by atoms with Crippen molar-refractivity contribution < 1.29 is 14.0 Å². The van der Waals surface area contributed by atoms with Crippen molar-refractivity contribution in [3.8, 4) is 0 Å². The van der Waals surface area contributed by atoms with Crippen molar-refractivity contribution >= 4 is 17.6 Å². The molecule has 7 rings (SSSR count). The SMILES string of the molecule is CN1C(=O)[C@@]2(NC(=O)c3nnc(Cc4ccccc4)o3)C3[C@@H](c4nccnc41)[C@H]32. The van der Waals surface area contributed by atoms with E-state index in [0.717, 1.165) is 11.3 Å². The van der Waals surface area contributed by atoms with Crippen molar-refractivity contribution in [3.63, 3.8) is 0 Å². The summed E-state index contributed by atoms with van der Waals surface area (Å²) in [4.78, 5) is 36.0. The summed E-state index contributed by atoms with van der Waals surface area (Å²) in [5, 5.41) is 10.7. The number of amides is 2. The minimum atomic E-state index is -0.924. The summed E-state index contributed by atoms with van der Waals surface area (Å²) in [6.07, 6.45) is 3.64. The molecule has 2 saturated carbocycles. The molecule has 2 bridgehead atoms. The highest BCUT2D eigenvalue weighted by molar-refractivity contribution is 6.10. The largest absolute Gasteiger partial charge is 0.417 e. The van der Waals surface area contributed by atoms with Gasteiger partial charge in [-0.25, -0.2) is 4.98 Å². The van der Waals surface area contributed by atoms with Gasteiger partial charge in [-0.15, -0.1) is 10.2 Å². The van der Waals surface area contributed by atoms with E-state index in [1.54, 1.807) is 19.4 Å². The summed E-state index contributed by atoms with van der Waals surface area (Å²) in [6, 6.07) is 9.66. The maximum atomic E-state index is 13.1. The van der Waals surface area contributed by atoms with Crippen LogP contribution < -0.4 is 10.2 Å². The first-order chi connectivity index (χ1) is 14.1. The molecule has 4 heterocycles. The first-order valence-electron chi connectivity index (χ1n) is 9.39. The number of anilines is 1. The fraction of sp³-hybridized carbons (Fsp3) is 0.300. The van der Waals surface area contributed by atoms with Gasteiger partial charge in [0, 0.05) is 37.2 Å². The van der Waals surface area contributed by atoms with E-state index in [1.807, 2.05) is 30.3 Å². The smallest absolute Gasteiger partial charge is 0.309 e. The van der Waals surface area contributed by atoms with E-state index < -0.39 is 11.4 Å². The number of carbonyl (C=O) groups excluding carboxylic acids is 2. The maximum Gasteiger partial charge on any atom is 0.309 e. The number of nitrogens with one attached hydrogen (secondary N) is 1. The van der Waals surface area contributed by atoms with E-state index in [0.29, 0.717) is 18.1 Å². The van der Waals surface area contributed by atoms with Crippen molar-refractivity contribution in [1.82, 2.24) is 25.5 Å². The molecule has 4 atom stereocenters. The van der Waals surface area contributed by atoms with Crippen molar-refractivity contribution in [2.24, 2.45) is 11.8 Å². The number of fused-ring (bicyclic) bond motifs is 1. The van der Waals surface area contributed by atoms with Gasteiger partial charge in [-0.05, 0) is 5.56 Å². The Morgan fingerprint density at radius 2 is 1.93 bits per heavy atom. The zero-order chi connectivity index (χ0) is 19.8. The van der Waals surface area contributed by atoms with Gasteiger partial charge in [0.1, 0.15) is 5.54 Å². The molecule has 9 nitrogen and oxygen atoms in total. The highest BCUT2D eigenvalue weighted by atomic mass is 16.4. The number of hydrogen-bond acceptors (Lipinski definition) is 7. The zero-order valence-electron chi connectivity index (χ0n) is 15.4. The van der Waals surface area contributed by atoms with E-state index in [-0.39, 0.29) is 29.6 Å². The molecule has 0 spiro atoms. The highest BCUT2D eigenvalue weighted by Gasteiger charge is 2.90. The molecular weight excluding hydrogens is 372 g/mol. The van der Waals surface area contributed by atoms with Gasteiger partial charge in [0.05, 0.1) is 12.1 Å². The lowest BCUT2D eigenvalue weighted by atomic mass is 9.95. The van der Waals surface area contributed by atoms with Gasteiger partial charge in [0.25, 0.3) is 5.91 Å². The summed E-state index contributed by atoms with van der Waals surface area (Å²) in [5.74, 6) is 0.314. The van der Waals surface area contributed by atoms with Crippen LogP contribution in [0.2, 0.25) is 0 Å². The second-order valence-corrected chi connectivity index (χ2v) is 7.69. The topological polar surface area (TPSA) is 114 Å². The summed E-state index contributed by atoms with van der Waals surface area (Å²) in [7, 11) is 1.66. The average Bonchev–Trinajstić information content (AvgIpc) is 3.60. The normalized spacial score (nSPS) is 28.2. The molecule has 0 radical (unpaired) electrons. The second-order valence-electron chi connectivity index (χ2n) is 7.69. The summed E-state index contributed by atoms with van der Waals surface area (Å²) < 4.78 is 5.53. The molecule has 29 heavy (non-hydrogen) atoms. The van der Waals surface area contributed by atoms with Gasteiger partial charge in [0.2, 0.25) is 5.89 Å². The Bertz CT molecular complexity index is 1150. The van der Waals surface area contributed by atoms with Crippen molar-refractivity contribution in [2.75, 3.05) is 11.9 Å². The predicted molar refractivity (Wildman–Crippen MR) is 98.9 cm³/mol. The number of rotatable bonds is 4. The Kier molecular flexibility index (Phi) is 3.08. The predicted octanol–water partition coefficient (Wildman–Crippen LogP) is 0.939. The molecule has 2 aliphatic carbocycles. The first kappa shape index (κ1) is 16.3. The summed E-state index contributed by atoms with van der Waals surface area (Å²) >= 11 is 0. The molecule has 2 amide bonds. The molecule has 1 N–H and O–H groups in total. The van der Waals surface area contributed by atoms with Crippen LogP contribution in [-0.4, -0.2) is 44.6 Å². The van der Waals surface area contributed by atoms with Crippen LogP contribution in [0.4, 0.5) is 5.82 Å². The van der Waals surface area contributed by atoms with E-state index in [9.17, 15) is 9.59 Å². The number of hydrogen-bond donors (Lipinski definition) is 1. The van der Waals surface area contributed by atoms with Gasteiger partial charge in [-0.3, -0.25) is 19.5 Å². The molecule has 2 fully saturated rings. The van der Waals surface area contributed by atoms with E-state index in [4.69, 9.17) is 4.42 Å². The van der Waals surface area contributed by atoms with E-state index >= 15 is 0 Å². The van der Waals surface area contributed by atoms with Crippen molar-refractivity contribution in [2.45, 2.75) is 17.9 Å². The van der Waals surface area contributed by atoms with Crippen LogP contribution in [0.3, 0.4) is 0 Å².